The van der Waals surface area contributed by atoms with Gasteiger partial charge >= 0.3 is 0 Å². The van der Waals surface area contributed by atoms with Gasteiger partial charge in [0.15, 0.2) is 0 Å². The molecule has 1 aliphatic carbocycles. The van der Waals surface area contributed by atoms with Gasteiger partial charge in [0.05, 0.1) is 5.03 Å². The van der Waals surface area contributed by atoms with Crippen LogP contribution in [0.25, 0.3) is 6.08 Å². The fourth-order valence-electron chi connectivity index (χ4n) is 3.44. The Labute approximate surface area is 160 Å². The molecule has 0 aliphatic heterocycles. The van der Waals surface area contributed by atoms with E-state index in [1.165, 1.54) is 12.8 Å². The summed E-state index contributed by atoms with van der Waals surface area (Å²) in [4.78, 5) is 15.0. The van der Waals surface area contributed by atoms with E-state index >= 15 is 0 Å². The fraction of sp³-hybridized carbons (Fsp3) is 0.318. The first kappa shape index (κ1) is 18.5. The molecule has 4 heteroatoms. The van der Waals surface area contributed by atoms with Crippen LogP contribution in [0, 0.1) is 0 Å². The van der Waals surface area contributed by atoms with Crippen LogP contribution >= 0.6 is 11.6 Å². The average molecular weight is 369 g/mol. The molecule has 0 aromatic heterocycles. The van der Waals surface area contributed by atoms with Crippen molar-refractivity contribution < 1.29 is 4.79 Å². The zero-order chi connectivity index (χ0) is 18.4. The highest BCUT2D eigenvalue weighted by atomic mass is 35.5. The van der Waals surface area contributed by atoms with E-state index in [1.807, 2.05) is 78.7 Å². The first-order valence-electron chi connectivity index (χ1n) is 9.15. The smallest absolute Gasteiger partial charge is 0.248 e. The Morgan fingerprint density at radius 3 is 2.27 bits per heavy atom. The van der Waals surface area contributed by atoms with Crippen LogP contribution in [-0.4, -0.2) is 25.0 Å². The molecule has 1 amide bonds. The van der Waals surface area contributed by atoms with Crippen molar-refractivity contribution >= 4 is 29.3 Å². The van der Waals surface area contributed by atoms with Crippen LogP contribution in [0.4, 0.5) is 5.69 Å². The monoisotopic (exact) mass is 368 g/mol. The Kier molecular flexibility index (Phi) is 6.35. The normalized spacial score (nSPS) is 16.3. The lowest BCUT2D eigenvalue weighted by Crippen LogP contribution is -2.48. The minimum Gasteiger partial charge on any atom is -0.358 e. The number of benzene rings is 2. The van der Waals surface area contributed by atoms with Gasteiger partial charge in [0, 0.05) is 18.8 Å². The van der Waals surface area contributed by atoms with Crippen LogP contribution in [0.1, 0.15) is 31.2 Å². The lowest BCUT2D eigenvalue weighted by Gasteiger charge is -2.30. The number of nitrogens with one attached hydrogen (secondary N) is 1. The van der Waals surface area contributed by atoms with Crippen molar-refractivity contribution in [3.63, 3.8) is 0 Å². The first-order valence-corrected chi connectivity index (χ1v) is 9.53. The molecular formula is C22H25ClN2O. The number of nitrogens with zero attached hydrogens (tertiary/aromatic N) is 1. The molecule has 0 unspecified atom stereocenters. The maximum atomic E-state index is 13.1. The van der Waals surface area contributed by atoms with Crippen LogP contribution < -0.4 is 10.2 Å². The summed E-state index contributed by atoms with van der Waals surface area (Å²) >= 11 is 6.67. The number of hydrogen-bond acceptors (Lipinski definition) is 2. The number of rotatable bonds is 6. The number of carbonyl (C=O) groups excluding carboxylic acids is 1. The van der Waals surface area contributed by atoms with Crippen molar-refractivity contribution in [1.29, 1.82) is 0 Å². The quantitative estimate of drug-likeness (QED) is 0.792. The van der Waals surface area contributed by atoms with Crippen molar-refractivity contribution in [3.8, 4) is 0 Å². The summed E-state index contributed by atoms with van der Waals surface area (Å²) in [5, 5.41) is 3.70. The molecule has 26 heavy (non-hydrogen) atoms. The van der Waals surface area contributed by atoms with Gasteiger partial charge in [-0.25, -0.2) is 0 Å². The van der Waals surface area contributed by atoms with Crippen LogP contribution in [-0.2, 0) is 4.79 Å². The van der Waals surface area contributed by atoms with E-state index < -0.39 is 6.04 Å². The number of anilines is 1. The summed E-state index contributed by atoms with van der Waals surface area (Å²) in [6, 6.07) is 19.4. The van der Waals surface area contributed by atoms with Crippen LogP contribution in [0.5, 0.6) is 0 Å². The van der Waals surface area contributed by atoms with Gasteiger partial charge < -0.3 is 10.2 Å². The SMILES string of the molecule is CN(c1ccccc1)[C@@H](C(=O)NC1CCCC1)/C(Cl)=C/c1ccccc1. The molecule has 0 radical (unpaired) electrons. The van der Waals surface area contributed by atoms with Crippen LogP contribution in [0.2, 0.25) is 0 Å². The van der Waals surface area contributed by atoms with E-state index in [0.29, 0.717) is 5.03 Å². The number of likely N-dealkylation sites (N-methyl/N-ethyl adjacent to an activating group) is 1. The predicted molar refractivity (Wildman–Crippen MR) is 109 cm³/mol. The van der Waals surface area contributed by atoms with E-state index in [1.54, 1.807) is 0 Å². The minimum absolute atomic E-state index is 0.0413. The zero-order valence-corrected chi connectivity index (χ0v) is 15.8. The molecular weight excluding hydrogens is 344 g/mol. The zero-order valence-electron chi connectivity index (χ0n) is 15.1. The Bertz CT molecular complexity index is 739. The third kappa shape index (κ3) is 4.67. The van der Waals surface area contributed by atoms with Crippen molar-refractivity contribution in [1.82, 2.24) is 5.32 Å². The lowest BCUT2D eigenvalue weighted by atomic mass is 10.1. The molecule has 1 saturated carbocycles. The summed E-state index contributed by atoms with van der Waals surface area (Å²) in [5.74, 6) is -0.0413. The Hall–Kier alpha value is -2.26. The van der Waals surface area contributed by atoms with E-state index in [-0.39, 0.29) is 11.9 Å². The fourth-order valence-corrected chi connectivity index (χ4v) is 3.81. The molecule has 0 spiro atoms. The van der Waals surface area contributed by atoms with Gasteiger partial charge in [-0.05, 0) is 36.6 Å². The summed E-state index contributed by atoms with van der Waals surface area (Å²) in [6.45, 7) is 0. The molecule has 3 nitrogen and oxygen atoms in total. The average Bonchev–Trinajstić information content (AvgIpc) is 3.16. The molecule has 0 bridgehead atoms. The molecule has 1 atom stereocenters. The van der Waals surface area contributed by atoms with Crippen molar-refractivity contribution in [2.45, 2.75) is 37.8 Å². The number of hydrogen-bond donors (Lipinski definition) is 1. The lowest BCUT2D eigenvalue weighted by molar-refractivity contribution is -0.122. The van der Waals surface area contributed by atoms with Gasteiger partial charge in [0.2, 0.25) is 5.91 Å². The third-order valence-corrected chi connectivity index (χ3v) is 5.18. The van der Waals surface area contributed by atoms with Crippen molar-refractivity contribution in [2.75, 3.05) is 11.9 Å². The predicted octanol–water partition coefficient (Wildman–Crippen LogP) is 4.83. The Morgan fingerprint density at radius 2 is 1.65 bits per heavy atom. The minimum atomic E-state index is -0.556. The van der Waals surface area contributed by atoms with Gasteiger partial charge in [0.25, 0.3) is 0 Å². The van der Waals surface area contributed by atoms with Gasteiger partial charge in [-0.3, -0.25) is 4.79 Å². The highest BCUT2D eigenvalue weighted by Crippen LogP contribution is 2.25. The van der Waals surface area contributed by atoms with E-state index in [2.05, 4.69) is 5.32 Å². The van der Waals surface area contributed by atoms with E-state index in [4.69, 9.17) is 11.6 Å². The third-order valence-electron chi connectivity index (χ3n) is 4.87. The van der Waals surface area contributed by atoms with Crippen LogP contribution in [0.15, 0.2) is 65.7 Å². The highest BCUT2D eigenvalue weighted by molar-refractivity contribution is 6.34. The molecule has 2 aromatic carbocycles. The second kappa shape index (κ2) is 8.91. The molecule has 136 valence electrons. The van der Waals surface area contributed by atoms with E-state index in [0.717, 1.165) is 24.1 Å². The topological polar surface area (TPSA) is 32.3 Å². The number of halogens is 1. The number of para-hydroxylation sites is 1. The summed E-state index contributed by atoms with van der Waals surface area (Å²) < 4.78 is 0. The molecule has 1 fully saturated rings. The molecule has 1 N–H and O–H groups in total. The van der Waals surface area contributed by atoms with Crippen molar-refractivity contribution in [3.05, 3.63) is 71.3 Å². The van der Waals surface area contributed by atoms with Gasteiger partial charge in [-0.1, -0.05) is 73.0 Å². The molecule has 0 saturated heterocycles. The number of carbonyl (C=O) groups is 1. The summed E-state index contributed by atoms with van der Waals surface area (Å²) in [5.41, 5.74) is 1.94. The summed E-state index contributed by atoms with van der Waals surface area (Å²) in [6.07, 6.45) is 6.33. The van der Waals surface area contributed by atoms with Gasteiger partial charge in [-0.15, -0.1) is 0 Å². The maximum Gasteiger partial charge on any atom is 0.248 e. The summed E-state index contributed by atoms with van der Waals surface area (Å²) in [7, 11) is 1.91. The Morgan fingerprint density at radius 1 is 1.08 bits per heavy atom. The maximum absolute atomic E-state index is 13.1. The number of amides is 1. The van der Waals surface area contributed by atoms with Gasteiger partial charge in [-0.2, -0.15) is 0 Å². The Balaban J connectivity index is 1.87. The molecule has 3 rings (SSSR count). The van der Waals surface area contributed by atoms with Gasteiger partial charge in [0.1, 0.15) is 6.04 Å². The molecule has 1 aliphatic rings. The standard InChI is InChI=1S/C22H25ClN2O/c1-25(19-14-6-3-7-15-19)21(22(26)24-18-12-8-9-13-18)20(23)16-17-10-4-2-5-11-17/h2-7,10-11,14-16,18,21H,8-9,12-13H2,1H3,(H,24,26)/b20-16-/t21-/m1/s1. The molecule has 0 heterocycles. The van der Waals surface area contributed by atoms with Crippen molar-refractivity contribution in [2.24, 2.45) is 0 Å². The molecule has 2 aromatic rings. The highest BCUT2D eigenvalue weighted by Gasteiger charge is 2.29. The van der Waals surface area contributed by atoms with Crippen LogP contribution in [0.3, 0.4) is 0 Å². The van der Waals surface area contributed by atoms with E-state index in [9.17, 15) is 4.79 Å². The second-order valence-corrected chi connectivity index (χ2v) is 7.22. The largest absolute Gasteiger partial charge is 0.358 e. The second-order valence-electron chi connectivity index (χ2n) is 6.78. The first-order chi connectivity index (χ1) is 12.6.